The van der Waals surface area contributed by atoms with Crippen LogP contribution >= 0.6 is 0 Å². The first-order valence-electron chi connectivity index (χ1n) is 5.82. The van der Waals surface area contributed by atoms with E-state index in [0.29, 0.717) is 5.69 Å². The summed E-state index contributed by atoms with van der Waals surface area (Å²) in [5.74, 6) is -0.100. The lowest BCUT2D eigenvalue weighted by Gasteiger charge is -2.07. The molecule has 0 bridgehead atoms. The number of nitrogens with zero attached hydrogens (tertiary/aromatic N) is 1. The average molecular weight is 294 g/mol. The first kappa shape index (κ1) is 14.1. The zero-order chi connectivity index (χ0) is 14.6. The number of H-pyrrole nitrogens is 1. The maximum Gasteiger partial charge on any atom is 0.265 e. The lowest BCUT2D eigenvalue weighted by Crippen LogP contribution is -2.19. The predicted octanol–water partition coefficient (Wildman–Crippen LogP) is 0.499. The van der Waals surface area contributed by atoms with Gasteiger partial charge < -0.3 is 5.32 Å². The number of nitrogens with one attached hydrogen (secondary N) is 3. The van der Waals surface area contributed by atoms with Crippen molar-refractivity contribution >= 4 is 21.6 Å². The van der Waals surface area contributed by atoms with E-state index in [2.05, 4.69) is 20.2 Å². The van der Waals surface area contributed by atoms with Gasteiger partial charge in [0.15, 0.2) is 0 Å². The standard InChI is InChI=1S/C12H14N4O3S/c1-13-12(17)6-9-2-4-10(5-3-9)16-20(18,19)11-7-14-15-8-11/h2-5,7-8,16H,6H2,1H3,(H,13,17)(H,14,15). The molecule has 1 aromatic carbocycles. The highest BCUT2D eigenvalue weighted by Gasteiger charge is 2.15. The molecule has 0 radical (unpaired) electrons. The van der Waals surface area contributed by atoms with Crippen molar-refractivity contribution < 1.29 is 13.2 Å². The van der Waals surface area contributed by atoms with Crippen LogP contribution < -0.4 is 10.0 Å². The van der Waals surface area contributed by atoms with Gasteiger partial charge in [-0.15, -0.1) is 0 Å². The average Bonchev–Trinajstić information content (AvgIpc) is 2.95. The molecule has 106 valence electrons. The molecule has 0 aliphatic rings. The van der Waals surface area contributed by atoms with Crippen molar-refractivity contribution in [2.24, 2.45) is 0 Å². The number of aromatic nitrogens is 2. The highest BCUT2D eigenvalue weighted by molar-refractivity contribution is 7.92. The SMILES string of the molecule is CNC(=O)Cc1ccc(NS(=O)(=O)c2cn[nH]c2)cc1. The number of hydrogen-bond acceptors (Lipinski definition) is 4. The van der Waals surface area contributed by atoms with E-state index in [0.717, 1.165) is 5.56 Å². The van der Waals surface area contributed by atoms with Gasteiger partial charge in [-0.2, -0.15) is 5.10 Å². The van der Waals surface area contributed by atoms with Gasteiger partial charge in [-0.3, -0.25) is 14.6 Å². The Morgan fingerprint density at radius 3 is 2.55 bits per heavy atom. The fraction of sp³-hybridized carbons (Fsp3) is 0.167. The number of anilines is 1. The minimum absolute atomic E-state index is 0.0620. The van der Waals surface area contributed by atoms with E-state index in [9.17, 15) is 13.2 Å². The van der Waals surface area contributed by atoms with Crippen LogP contribution in [0.15, 0.2) is 41.6 Å². The lowest BCUT2D eigenvalue weighted by atomic mass is 10.1. The summed E-state index contributed by atoms with van der Waals surface area (Å²) < 4.78 is 26.3. The molecule has 1 aromatic heterocycles. The third-order valence-electron chi connectivity index (χ3n) is 2.63. The zero-order valence-corrected chi connectivity index (χ0v) is 11.6. The molecule has 20 heavy (non-hydrogen) atoms. The summed E-state index contributed by atoms with van der Waals surface area (Å²) in [6, 6.07) is 6.61. The molecule has 1 amide bonds. The number of sulfonamides is 1. The molecule has 0 spiro atoms. The van der Waals surface area contributed by atoms with Crippen LogP contribution in [0.4, 0.5) is 5.69 Å². The van der Waals surface area contributed by atoms with Gasteiger partial charge >= 0.3 is 0 Å². The normalized spacial score (nSPS) is 11.1. The largest absolute Gasteiger partial charge is 0.359 e. The van der Waals surface area contributed by atoms with Gasteiger partial charge in [-0.25, -0.2) is 8.42 Å². The molecule has 2 aromatic rings. The van der Waals surface area contributed by atoms with Crippen LogP contribution in [0, 0.1) is 0 Å². The summed E-state index contributed by atoms with van der Waals surface area (Å²) in [4.78, 5) is 11.3. The molecule has 1 heterocycles. The van der Waals surface area contributed by atoms with Crippen molar-refractivity contribution in [3.63, 3.8) is 0 Å². The minimum atomic E-state index is -3.63. The van der Waals surface area contributed by atoms with Crippen molar-refractivity contribution in [3.05, 3.63) is 42.2 Å². The van der Waals surface area contributed by atoms with Gasteiger partial charge in [0.2, 0.25) is 5.91 Å². The van der Waals surface area contributed by atoms with Gasteiger partial charge in [0, 0.05) is 18.9 Å². The monoisotopic (exact) mass is 294 g/mol. The second kappa shape index (κ2) is 5.74. The van der Waals surface area contributed by atoms with E-state index in [-0.39, 0.29) is 17.2 Å². The Hall–Kier alpha value is -2.35. The summed E-state index contributed by atoms with van der Waals surface area (Å²) in [7, 11) is -2.07. The summed E-state index contributed by atoms with van der Waals surface area (Å²) in [6.45, 7) is 0. The van der Waals surface area contributed by atoms with Gasteiger partial charge in [0.05, 0.1) is 12.6 Å². The second-order valence-electron chi connectivity index (χ2n) is 4.09. The summed E-state index contributed by atoms with van der Waals surface area (Å²) in [6.07, 6.45) is 2.77. The summed E-state index contributed by atoms with van der Waals surface area (Å²) in [5, 5.41) is 8.57. The van der Waals surface area contributed by atoms with Crippen LogP contribution in [-0.4, -0.2) is 31.6 Å². The van der Waals surface area contributed by atoms with Gasteiger partial charge in [0.1, 0.15) is 4.90 Å². The van der Waals surface area contributed by atoms with Crippen LogP contribution in [0.1, 0.15) is 5.56 Å². The van der Waals surface area contributed by atoms with E-state index in [4.69, 9.17) is 0 Å². The number of aromatic amines is 1. The number of carbonyl (C=O) groups is 1. The summed E-state index contributed by atoms with van der Waals surface area (Å²) >= 11 is 0. The fourth-order valence-corrected chi connectivity index (χ4v) is 2.53. The van der Waals surface area contributed by atoms with Crippen LogP contribution in [0.3, 0.4) is 0 Å². The highest BCUT2D eigenvalue weighted by atomic mass is 32.2. The number of rotatable bonds is 5. The van der Waals surface area contributed by atoms with Crippen molar-refractivity contribution in [3.8, 4) is 0 Å². The molecule has 0 saturated carbocycles. The molecule has 0 aliphatic heterocycles. The Balaban J connectivity index is 2.10. The number of benzene rings is 1. The van der Waals surface area contributed by atoms with E-state index in [1.165, 1.54) is 12.4 Å². The van der Waals surface area contributed by atoms with Crippen molar-refractivity contribution in [1.29, 1.82) is 0 Å². The van der Waals surface area contributed by atoms with Crippen LogP contribution in [-0.2, 0) is 21.2 Å². The maximum atomic E-state index is 11.9. The molecule has 0 atom stereocenters. The van der Waals surface area contributed by atoms with E-state index < -0.39 is 10.0 Å². The maximum absolute atomic E-state index is 11.9. The number of carbonyl (C=O) groups excluding carboxylic acids is 1. The molecule has 0 saturated heterocycles. The Bertz CT molecular complexity index is 678. The van der Waals surface area contributed by atoms with Crippen molar-refractivity contribution in [2.75, 3.05) is 11.8 Å². The Kier molecular flexibility index (Phi) is 4.04. The third-order valence-corrected chi connectivity index (χ3v) is 3.98. The first-order chi connectivity index (χ1) is 9.51. The van der Waals surface area contributed by atoms with E-state index >= 15 is 0 Å². The van der Waals surface area contributed by atoms with Gasteiger partial charge in [-0.05, 0) is 17.7 Å². The molecule has 7 nitrogen and oxygen atoms in total. The van der Waals surface area contributed by atoms with Gasteiger partial charge in [0.25, 0.3) is 10.0 Å². The smallest absolute Gasteiger partial charge is 0.265 e. The minimum Gasteiger partial charge on any atom is -0.359 e. The number of amides is 1. The zero-order valence-electron chi connectivity index (χ0n) is 10.8. The second-order valence-corrected chi connectivity index (χ2v) is 5.77. The molecule has 0 unspecified atom stereocenters. The molecular formula is C12H14N4O3S. The molecule has 0 aliphatic carbocycles. The van der Waals surface area contributed by atoms with Crippen LogP contribution in [0.25, 0.3) is 0 Å². The van der Waals surface area contributed by atoms with E-state index in [1.54, 1.807) is 31.3 Å². The molecule has 8 heteroatoms. The van der Waals surface area contributed by atoms with Crippen LogP contribution in [0.2, 0.25) is 0 Å². The number of likely N-dealkylation sites (N-methyl/N-ethyl adjacent to an activating group) is 1. The molecule has 0 fully saturated rings. The molecule has 3 N–H and O–H groups in total. The first-order valence-corrected chi connectivity index (χ1v) is 7.31. The molecule has 2 rings (SSSR count). The topological polar surface area (TPSA) is 104 Å². The Labute approximate surface area is 116 Å². The third kappa shape index (κ3) is 3.35. The quantitative estimate of drug-likeness (QED) is 0.747. The predicted molar refractivity (Wildman–Crippen MR) is 73.6 cm³/mol. The highest BCUT2D eigenvalue weighted by Crippen LogP contribution is 2.15. The lowest BCUT2D eigenvalue weighted by molar-refractivity contribution is -0.119. The fourth-order valence-electron chi connectivity index (χ4n) is 1.56. The van der Waals surface area contributed by atoms with Gasteiger partial charge in [-0.1, -0.05) is 12.1 Å². The Morgan fingerprint density at radius 1 is 1.30 bits per heavy atom. The van der Waals surface area contributed by atoms with Crippen LogP contribution in [0.5, 0.6) is 0 Å². The molecular weight excluding hydrogens is 280 g/mol. The number of hydrogen-bond donors (Lipinski definition) is 3. The van der Waals surface area contributed by atoms with Crippen molar-refractivity contribution in [1.82, 2.24) is 15.5 Å². The Morgan fingerprint density at radius 2 is 2.00 bits per heavy atom. The van der Waals surface area contributed by atoms with E-state index in [1.807, 2.05) is 0 Å². The summed E-state index contributed by atoms with van der Waals surface area (Å²) in [5.41, 5.74) is 1.22. The van der Waals surface area contributed by atoms with Crippen molar-refractivity contribution in [2.45, 2.75) is 11.3 Å².